The van der Waals surface area contributed by atoms with Crippen LogP contribution in [-0.4, -0.2) is 35.3 Å². The number of nitrogens with zero attached hydrogens (tertiary/aromatic N) is 2. The highest BCUT2D eigenvalue weighted by Gasteiger charge is 2.38. The number of amides is 2. The van der Waals surface area contributed by atoms with Crippen molar-refractivity contribution in [3.63, 3.8) is 0 Å². The lowest BCUT2D eigenvalue weighted by Crippen LogP contribution is -2.33. The fourth-order valence-corrected chi connectivity index (χ4v) is 3.51. The monoisotopic (exact) mass is 357 g/mol. The van der Waals surface area contributed by atoms with Crippen LogP contribution in [0.25, 0.3) is 0 Å². The van der Waals surface area contributed by atoms with Gasteiger partial charge in [0.25, 0.3) is 0 Å². The van der Waals surface area contributed by atoms with Gasteiger partial charge in [-0.1, -0.05) is 35.9 Å². The first-order valence-corrected chi connectivity index (χ1v) is 8.59. The van der Waals surface area contributed by atoms with Crippen molar-refractivity contribution in [3.8, 4) is 0 Å². The zero-order valence-corrected chi connectivity index (χ0v) is 14.7. The fraction of sp³-hybridized carbons (Fsp3) is 0.316. The smallest absolute Gasteiger partial charge is 0.224 e. The van der Waals surface area contributed by atoms with Gasteiger partial charge >= 0.3 is 0 Å². The molecule has 1 aliphatic heterocycles. The van der Waals surface area contributed by atoms with Crippen molar-refractivity contribution in [2.24, 2.45) is 5.92 Å². The number of hydrogen-bond donors (Lipinski definition) is 1. The predicted octanol–water partition coefficient (Wildman–Crippen LogP) is 2.61. The van der Waals surface area contributed by atoms with E-state index in [1.165, 1.54) is 0 Å². The minimum absolute atomic E-state index is 0.0249. The maximum absolute atomic E-state index is 12.2. The Labute approximate surface area is 152 Å². The Kier molecular flexibility index (Phi) is 5.34. The van der Waals surface area contributed by atoms with Crippen LogP contribution in [0.5, 0.6) is 0 Å². The summed E-state index contributed by atoms with van der Waals surface area (Å²) in [6.07, 6.45) is 4.13. The van der Waals surface area contributed by atoms with Gasteiger partial charge in [0.1, 0.15) is 0 Å². The van der Waals surface area contributed by atoms with Gasteiger partial charge in [-0.2, -0.15) is 0 Å². The molecule has 1 aromatic heterocycles. The molecule has 5 nitrogen and oxygen atoms in total. The molecule has 6 heteroatoms. The average molecular weight is 358 g/mol. The summed E-state index contributed by atoms with van der Waals surface area (Å²) in [7, 11) is 1.80. The maximum atomic E-state index is 12.2. The Morgan fingerprint density at radius 1 is 1.32 bits per heavy atom. The van der Waals surface area contributed by atoms with Crippen LogP contribution >= 0.6 is 11.6 Å². The highest BCUT2D eigenvalue weighted by Crippen LogP contribution is 2.36. The summed E-state index contributed by atoms with van der Waals surface area (Å²) < 4.78 is 0. The number of halogens is 1. The van der Waals surface area contributed by atoms with Crippen LogP contribution in [0.4, 0.5) is 0 Å². The molecule has 1 saturated heterocycles. The Morgan fingerprint density at radius 3 is 2.84 bits per heavy atom. The van der Waals surface area contributed by atoms with Crippen LogP contribution in [-0.2, 0) is 16.0 Å². The number of likely N-dealkylation sites (tertiary alicyclic amines) is 1. The molecule has 1 aliphatic rings. The molecule has 0 unspecified atom stereocenters. The van der Waals surface area contributed by atoms with Crippen LogP contribution < -0.4 is 5.32 Å². The summed E-state index contributed by atoms with van der Waals surface area (Å²) in [6.45, 7) is 0.443. The third kappa shape index (κ3) is 3.99. The Morgan fingerprint density at radius 2 is 2.12 bits per heavy atom. The molecule has 1 N–H and O–H groups in total. The molecule has 2 atom stereocenters. The number of pyridine rings is 1. The molecule has 0 saturated carbocycles. The quantitative estimate of drug-likeness (QED) is 0.894. The van der Waals surface area contributed by atoms with Gasteiger partial charge in [0.2, 0.25) is 11.8 Å². The number of rotatable bonds is 5. The summed E-state index contributed by atoms with van der Waals surface area (Å²) in [4.78, 5) is 30.3. The normalized spacial score (nSPS) is 19.9. The third-order valence-corrected chi connectivity index (χ3v) is 4.96. The highest BCUT2D eigenvalue weighted by molar-refractivity contribution is 6.31. The van der Waals surface area contributed by atoms with Crippen molar-refractivity contribution < 1.29 is 9.59 Å². The van der Waals surface area contributed by atoms with Crippen LogP contribution in [0.3, 0.4) is 0 Å². The SMILES string of the molecule is CN1C(=O)C[C@@H](CNC(=O)Cc2ccccc2Cl)[C@@H]1c1cccnc1. The van der Waals surface area contributed by atoms with E-state index >= 15 is 0 Å². The summed E-state index contributed by atoms with van der Waals surface area (Å²) in [5.74, 6) is 0.0103. The van der Waals surface area contributed by atoms with E-state index in [-0.39, 0.29) is 30.2 Å². The Hall–Kier alpha value is -2.40. The lowest BCUT2D eigenvalue weighted by molar-refractivity contribution is -0.127. The van der Waals surface area contributed by atoms with Gasteiger partial charge in [0.15, 0.2) is 0 Å². The van der Waals surface area contributed by atoms with Crippen molar-refractivity contribution in [2.45, 2.75) is 18.9 Å². The summed E-state index contributed by atoms with van der Waals surface area (Å²) in [5.41, 5.74) is 1.78. The second-order valence-corrected chi connectivity index (χ2v) is 6.68. The minimum Gasteiger partial charge on any atom is -0.355 e. The van der Waals surface area contributed by atoms with Gasteiger partial charge < -0.3 is 10.2 Å². The number of carbonyl (C=O) groups excluding carboxylic acids is 2. The molecule has 2 heterocycles. The molecule has 0 radical (unpaired) electrons. The summed E-state index contributed by atoms with van der Waals surface area (Å²) >= 11 is 6.10. The molecule has 0 spiro atoms. The van der Waals surface area contributed by atoms with E-state index in [1.54, 1.807) is 30.4 Å². The number of carbonyl (C=O) groups is 2. The van der Waals surface area contributed by atoms with Gasteiger partial charge in [0.05, 0.1) is 12.5 Å². The first kappa shape index (κ1) is 17.4. The van der Waals surface area contributed by atoms with Crippen molar-refractivity contribution in [1.29, 1.82) is 0 Å². The number of nitrogens with one attached hydrogen (secondary N) is 1. The average Bonchev–Trinajstić information content (AvgIpc) is 2.90. The zero-order valence-electron chi connectivity index (χ0n) is 14.0. The van der Waals surface area contributed by atoms with Crippen LogP contribution in [0.1, 0.15) is 23.6 Å². The zero-order chi connectivity index (χ0) is 17.8. The Balaban J connectivity index is 1.64. The van der Waals surface area contributed by atoms with Gasteiger partial charge in [-0.15, -0.1) is 0 Å². The first-order valence-electron chi connectivity index (χ1n) is 8.22. The van der Waals surface area contributed by atoms with Crippen LogP contribution in [0.2, 0.25) is 5.02 Å². The van der Waals surface area contributed by atoms with E-state index in [1.807, 2.05) is 30.3 Å². The second-order valence-electron chi connectivity index (χ2n) is 6.27. The fourth-order valence-electron chi connectivity index (χ4n) is 3.30. The third-order valence-electron chi connectivity index (χ3n) is 4.59. The molecule has 0 aliphatic carbocycles. The van der Waals surface area contributed by atoms with E-state index < -0.39 is 0 Å². The summed E-state index contributed by atoms with van der Waals surface area (Å²) in [6, 6.07) is 11.1. The Bertz CT molecular complexity index is 766. The topological polar surface area (TPSA) is 62.3 Å². The van der Waals surface area contributed by atoms with Gasteiger partial charge in [0, 0.05) is 43.3 Å². The molecule has 1 aromatic carbocycles. The van der Waals surface area contributed by atoms with Gasteiger partial charge in [-0.3, -0.25) is 14.6 Å². The molecule has 2 amide bonds. The number of aromatic nitrogens is 1. The molecular formula is C19H20ClN3O2. The molecule has 0 bridgehead atoms. The number of benzene rings is 1. The van der Waals surface area contributed by atoms with Crippen molar-refractivity contribution >= 4 is 23.4 Å². The van der Waals surface area contributed by atoms with E-state index in [9.17, 15) is 9.59 Å². The van der Waals surface area contributed by atoms with Crippen molar-refractivity contribution in [2.75, 3.05) is 13.6 Å². The first-order chi connectivity index (χ1) is 12.1. The molecular weight excluding hydrogens is 338 g/mol. The van der Waals surface area contributed by atoms with E-state index in [0.717, 1.165) is 11.1 Å². The van der Waals surface area contributed by atoms with E-state index in [2.05, 4.69) is 10.3 Å². The van der Waals surface area contributed by atoms with Crippen LogP contribution in [0.15, 0.2) is 48.8 Å². The molecule has 130 valence electrons. The van der Waals surface area contributed by atoms with E-state index in [0.29, 0.717) is 18.0 Å². The predicted molar refractivity (Wildman–Crippen MR) is 96.0 cm³/mol. The highest BCUT2D eigenvalue weighted by atomic mass is 35.5. The maximum Gasteiger partial charge on any atom is 0.224 e. The molecule has 1 fully saturated rings. The summed E-state index contributed by atoms with van der Waals surface area (Å²) in [5, 5.41) is 3.53. The van der Waals surface area contributed by atoms with Crippen molar-refractivity contribution in [1.82, 2.24) is 15.2 Å². The van der Waals surface area contributed by atoms with Crippen LogP contribution in [0, 0.1) is 5.92 Å². The standard InChI is InChI=1S/C19H20ClN3O2/c1-23-18(25)10-15(19(23)14-6-4-8-21-11-14)12-22-17(24)9-13-5-2-3-7-16(13)20/h2-8,11,15,19H,9-10,12H2,1H3,(H,22,24)/t15-,19-/m0/s1. The molecule has 25 heavy (non-hydrogen) atoms. The molecule has 2 aromatic rings. The second kappa shape index (κ2) is 7.66. The van der Waals surface area contributed by atoms with E-state index in [4.69, 9.17) is 11.6 Å². The largest absolute Gasteiger partial charge is 0.355 e. The van der Waals surface area contributed by atoms with Crippen molar-refractivity contribution in [3.05, 3.63) is 64.9 Å². The van der Waals surface area contributed by atoms with Gasteiger partial charge in [-0.05, 0) is 23.3 Å². The number of hydrogen-bond acceptors (Lipinski definition) is 3. The lowest BCUT2D eigenvalue weighted by atomic mass is 9.94. The van der Waals surface area contributed by atoms with Gasteiger partial charge in [-0.25, -0.2) is 0 Å². The molecule has 3 rings (SSSR count). The minimum atomic E-state index is -0.0972. The lowest BCUT2D eigenvalue weighted by Gasteiger charge is -2.25.